The minimum absolute atomic E-state index is 0.197. The van der Waals surface area contributed by atoms with E-state index in [1.165, 1.54) is 17.1 Å². The zero-order valence-electron chi connectivity index (χ0n) is 17.8. The van der Waals surface area contributed by atoms with Crippen molar-refractivity contribution in [3.8, 4) is 17.1 Å². The summed E-state index contributed by atoms with van der Waals surface area (Å²) in [6.07, 6.45) is 1.39. The Bertz CT molecular complexity index is 1120. The van der Waals surface area contributed by atoms with Gasteiger partial charge < -0.3 is 4.74 Å². The highest BCUT2D eigenvalue weighted by Crippen LogP contribution is 2.24. The monoisotopic (exact) mass is 443 g/mol. The lowest BCUT2D eigenvalue weighted by Gasteiger charge is -2.42. The number of hydrogen-bond donors (Lipinski definition) is 0. The van der Waals surface area contributed by atoms with E-state index >= 15 is 4.39 Å². The molecule has 3 heterocycles. The van der Waals surface area contributed by atoms with Crippen LogP contribution in [0.4, 0.5) is 13.2 Å². The first kappa shape index (κ1) is 21.1. The molecule has 2 aliphatic heterocycles. The molecule has 2 aromatic carbocycles. The molecule has 0 spiro atoms. The molecule has 2 saturated heterocycles. The van der Waals surface area contributed by atoms with Crippen LogP contribution in [0.3, 0.4) is 0 Å². The van der Waals surface area contributed by atoms with Gasteiger partial charge in [-0.3, -0.25) is 9.80 Å². The summed E-state index contributed by atoms with van der Waals surface area (Å²) in [4.78, 5) is 8.85. The molecule has 32 heavy (non-hydrogen) atoms. The Morgan fingerprint density at radius 2 is 1.78 bits per heavy atom. The van der Waals surface area contributed by atoms with Crippen LogP contribution in [0, 0.1) is 24.4 Å². The van der Waals surface area contributed by atoms with Crippen molar-refractivity contribution in [3.05, 3.63) is 65.2 Å². The highest BCUT2D eigenvalue weighted by Gasteiger charge is 2.29. The predicted octanol–water partition coefficient (Wildman–Crippen LogP) is 3.18. The molecule has 1 aromatic heterocycles. The first-order valence-electron chi connectivity index (χ1n) is 10.7. The van der Waals surface area contributed by atoms with Crippen LogP contribution < -0.4 is 0 Å². The Kier molecular flexibility index (Phi) is 5.71. The van der Waals surface area contributed by atoms with Crippen molar-refractivity contribution in [2.24, 2.45) is 0 Å². The predicted molar refractivity (Wildman–Crippen MR) is 113 cm³/mol. The molecule has 0 bridgehead atoms. The van der Waals surface area contributed by atoms with Crippen LogP contribution in [-0.4, -0.2) is 70.0 Å². The Hall–Kier alpha value is -2.75. The smallest absolute Gasteiger partial charge is 0.181 e. The van der Waals surface area contributed by atoms with E-state index in [4.69, 9.17) is 4.74 Å². The molecule has 0 aliphatic carbocycles. The number of benzene rings is 2. The summed E-state index contributed by atoms with van der Waals surface area (Å²) >= 11 is 0. The molecule has 0 radical (unpaired) electrons. The number of nitrogens with zero attached hydrogens (tertiary/aromatic N) is 5. The third-order valence-electron chi connectivity index (χ3n) is 6.13. The van der Waals surface area contributed by atoms with Crippen molar-refractivity contribution in [2.75, 3.05) is 39.4 Å². The minimum Gasteiger partial charge on any atom is -0.378 e. The summed E-state index contributed by atoms with van der Waals surface area (Å²) in [6, 6.07) is 7.54. The molecular formula is C23H24F3N5O. The fourth-order valence-corrected chi connectivity index (χ4v) is 4.21. The van der Waals surface area contributed by atoms with Gasteiger partial charge >= 0.3 is 0 Å². The van der Waals surface area contributed by atoms with Crippen molar-refractivity contribution in [3.63, 3.8) is 0 Å². The van der Waals surface area contributed by atoms with Gasteiger partial charge in [-0.15, -0.1) is 5.10 Å². The van der Waals surface area contributed by atoms with Crippen molar-refractivity contribution in [1.82, 2.24) is 24.6 Å². The topological polar surface area (TPSA) is 46.4 Å². The summed E-state index contributed by atoms with van der Waals surface area (Å²) in [7, 11) is 0. The summed E-state index contributed by atoms with van der Waals surface area (Å²) in [6.45, 7) is 7.70. The van der Waals surface area contributed by atoms with Crippen LogP contribution >= 0.6 is 0 Å². The Morgan fingerprint density at radius 3 is 2.47 bits per heavy atom. The summed E-state index contributed by atoms with van der Waals surface area (Å²) < 4.78 is 48.9. The number of aryl methyl sites for hydroxylation is 1. The van der Waals surface area contributed by atoms with Gasteiger partial charge in [-0.05, 0) is 36.8 Å². The summed E-state index contributed by atoms with van der Waals surface area (Å²) in [5.74, 6) is -2.08. The van der Waals surface area contributed by atoms with Gasteiger partial charge in [0.15, 0.2) is 23.3 Å². The first-order chi connectivity index (χ1) is 15.5. The first-order valence-corrected chi connectivity index (χ1v) is 10.7. The van der Waals surface area contributed by atoms with Gasteiger partial charge in [-0.1, -0.05) is 6.07 Å². The van der Waals surface area contributed by atoms with Crippen LogP contribution in [0.2, 0.25) is 0 Å². The summed E-state index contributed by atoms with van der Waals surface area (Å²) in [5, 5.41) is 4.30. The van der Waals surface area contributed by atoms with Gasteiger partial charge in [0.2, 0.25) is 0 Å². The maximum Gasteiger partial charge on any atom is 0.181 e. The van der Waals surface area contributed by atoms with Crippen LogP contribution in [0.5, 0.6) is 0 Å². The van der Waals surface area contributed by atoms with E-state index in [1.807, 2.05) is 13.0 Å². The van der Waals surface area contributed by atoms with E-state index in [0.717, 1.165) is 57.1 Å². The van der Waals surface area contributed by atoms with Crippen molar-refractivity contribution in [2.45, 2.75) is 19.5 Å². The molecular weight excluding hydrogens is 419 g/mol. The van der Waals surface area contributed by atoms with Gasteiger partial charge in [0.25, 0.3) is 0 Å². The van der Waals surface area contributed by atoms with Crippen LogP contribution in [0.25, 0.3) is 17.1 Å². The van der Waals surface area contributed by atoms with Crippen LogP contribution in [0.1, 0.15) is 11.1 Å². The lowest BCUT2D eigenvalue weighted by atomic mass is 10.1. The van der Waals surface area contributed by atoms with E-state index in [0.29, 0.717) is 23.7 Å². The van der Waals surface area contributed by atoms with E-state index in [-0.39, 0.29) is 17.3 Å². The minimum atomic E-state index is -0.979. The average molecular weight is 443 g/mol. The molecule has 9 heteroatoms. The molecule has 0 saturated carbocycles. The normalized spacial score (nSPS) is 18.1. The second kappa shape index (κ2) is 8.65. The Balaban J connectivity index is 1.34. The molecule has 3 aromatic rings. The number of halogens is 3. The molecule has 168 valence electrons. The highest BCUT2D eigenvalue weighted by molar-refractivity contribution is 5.54. The lowest BCUT2D eigenvalue weighted by Crippen LogP contribution is -2.56. The van der Waals surface area contributed by atoms with E-state index in [1.54, 1.807) is 6.07 Å². The number of hydrogen-bond acceptors (Lipinski definition) is 5. The van der Waals surface area contributed by atoms with Crippen LogP contribution in [-0.2, 0) is 11.3 Å². The van der Waals surface area contributed by atoms with E-state index < -0.39 is 11.6 Å². The van der Waals surface area contributed by atoms with E-state index in [2.05, 4.69) is 19.9 Å². The molecule has 0 amide bonds. The molecule has 6 nitrogen and oxygen atoms in total. The van der Waals surface area contributed by atoms with Gasteiger partial charge in [-0.25, -0.2) is 22.8 Å². The average Bonchev–Trinajstić information content (AvgIpc) is 3.22. The quantitative estimate of drug-likeness (QED) is 0.606. The largest absolute Gasteiger partial charge is 0.378 e. The second-order valence-electron chi connectivity index (χ2n) is 8.40. The number of aromatic nitrogens is 3. The fraction of sp³-hybridized carbons (Fsp3) is 0.391. The third-order valence-corrected chi connectivity index (χ3v) is 6.13. The standard InChI is InChI=1S/C23H24F3N5O/c1-15-8-17(11-29-4-6-30(7-5-29)18-12-32-13-18)22(26)21(9-15)31-14-27-23(28-31)16-2-3-19(24)20(25)10-16/h2-3,8-10,14,18H,4-7,11-13H2,1H3. The van der Waals surface area contributed by atoms with Gasteiger partial charge in [0, 0.05) is 43.9 Å². The van der Waals surface area contributed by atoms with Gasteiger partial charge in [0.05, 0.1) is 19.3 Å². The van der Waals surface area contributed by atoms with Crippen molar-refractivity contribution >= 4 is 0 Å². The fourth-order valence-electron chi connectivity index (χ4n) is 4.21. The molecule has 0 unspecified atom stereocenters. The maximum absolute atomic E-state index is 15.4. The maximum atomic E-state index is 15.4. The number of rotatable bonds is 5. The van der Waals surface area contributed by atoms with Crippen molar-refractivity contribution < 1.29 is 17.9 Å². The summed E-state index contributed by atoms with van der Waals surface area (Å²) in [5.41, 5.74) is 2.12. The van der Waals surface area contributed by atoms with E-state index in [9.17, 15) is 8.78 Å². The SMILES string of the molecule is Cc1cc(CN2CCN(C3COC3)CC2)c(F)c(-n2cnc(-c3ccc(F)c(F)c3)n2)c1. The molecule has 0 atom stereocenters. The second-order valence-corrected chi connectivity index (χ2v) is 8.40. The van der Waals surface area contributed by atoms with Gasteiger partial charge in [0.1, 0.15) is 12.0 Å². The molecule has 0 N–H and O–H groups in total. The van der Waals surface area contributed by atoms with Crippen LogP contribution in [0.15, 0.2) is 36.7 Å². The number of piperazine rings is 1. The van der Waals surface area contributed by atoms with Crippen molar-refractivity contribution in [1.29, 1.82) is 0 Å². The third kappa shape index (κ3) is 4.15. The molecule has 5 rings (SSSR count). The molecule has 2 fully saturated rings. The molecule has 2 aliphatic rings. The lowest BCUT2D eigenvalue weighted by molar-refractivity contribution is -0.0774. The highest BCUT2D eigenvalue weighted by atomic mass is 19.2. The number of ether oxygens (including phenoxy) is 1. The Morgan fingerprint density at radius 1 is 1.00 bits per heavy atom. The zero-order valence-corrected chi connectivity index (χ0v) is 17.8. The zero-order chi connectivity index (χ0) is 22.2. The van der Waals surface area contributed by atoms with Gasteiger partial charge in [-0.2, -0.15) is 0 Å². The Labute approximate surface area is 184 Å².